The van der Waals surface area contributed by atoms with E-state index >= 15 is 4.79 Å². The molecule has 0 bridgehead atoms. The number of hydrogen-bond donors (Lipinski definition) is 0. The molecule has 264 valence electrons. The lowest BCUT2D eigenvalue weighted by atomic mass is 9.62. The fourth-order valence-electron chi connectivity index (χ4n) is 9.68. The van der Waals surface area contributed by atoms with Gasteiger partial charge in [0.2, 0.25) is 0 Å². The van der Waals surface area contributed by atoms with Crippen molar-refractivity contribution >= 4 is 5.78 Å². The van der Waals surface area contributed by atoms with Crippen molar-refractivity contribution in [1.29, 1.82) is 0 Å². The quantitative estimate of drug-likeness (QED) is 0.166. The first-order valence-electron chi connectivity index (χ1n) is 18.8. The molecule has 0 fully saturated rings. The lowest BCUT2D eigenvalue weighted by Gasteiger charge is -2.45. The van der Waals surface area contributed by atoms with E-state index in [1.165, 1.54) is 0 Å². The van der Waals surface area contributed by atoms with Crippen molar-refractivity contribution in [3.8, 4) is 46.0 Å². The van der Waals surface area contributed by atoms with Crippen LogP contribution in [0.5, 0.6) is 46.0 Å². The summed E-state index contributed by atoms with van der Waals surface area (Å²) in [6.45, 7) is 0. The zero-order valence-corrected chi connectivity index (χ0v) is 29.9. The molecule has 4 aliphatic heterocycles. The van der Waals surface area contributed by atoms with E-state index in [0.29, 0.717) is 22.6 Å². The molecule has 0 saturated carbocycles. The summed E-state index contributed by atoms with van der Waals surface area (Å²) < 4.78 is 26.4. The third-order valence-corrected chi connectivity index (χ3v) is 11.9. The predicted molar refractivity (Wildman–Crippen MR) is 213 cm³/mol. The Labute approximate surface area is 323 Å². The molecular formula is C51H30O5. The minimum Gasteiger partial charge on any atom is -0.457 e. The topological polar surface area (TPSA) is 54.0 Å². The average molecular weight is 723 g/mol. The van der Waals surface area contributed by atoms with Crippen LogP contribution in [-0.4, -0.2) is 5.78 Å². The largest absolute Gasteiger partial charge is 0.457 e. The van der Waals surface area contributed by atoms with Crippen LogP contribution >= 0.6 is 0 Å². The Hall–Kier alpha value is -7.37. The first-order chi connectivity index (χ1) is 27.7. The molecule has 4 heterocycles. The van der Waals surface area contributed by atoms with Crippen molar-refractivity contribution in [2.24, 2.45) is 0 Å². The summed E-state index contributed by atoms with van der Waals surface area (Å²) >= 11 is 0. The molecule has 0 aromatic heterocycles. The number of carbonyl (C=O) groups excluding carboxylic acids is 1. The van der Waals surface area contributed by atoms with Crippen molar-refractivity contribution in [3.05, 3.63) is 238 Å². The minimum atomic E-state index is -0.807. The van der Waals surface area contributed by atoms with Gasteiger partial charge < -0.3 is 18.9 Å². The number of para-hydroxylation sites is 6. The van der Waals surface area contributed by atoms with E-state index < -0.39 is 10.8 Å². The van der Waals surface area contributed by atoms with Crippen LogP contribution in [0.1, 0.15) is 60.4 Å². The maximum atomic E-state index is 15.1. The van der Waals surface area contributed by atoms with Gasteiger partial charge in [0.05, 0.1) is 10.8 Å². The van der Waals surface area contributed by atoms with Crippen LogP contribution in [0.2, 0.25) is 0 Å². The lowest BCUT2D eigenvalue weighted by Crippen LogP contribution is -2.37. The molecule has 12 rings (SSSR count). The molecule has 0 saturated heterocycles. The van der Waals surface area contributed by atoms with Gasteiger partial charge in [-0.1, -0.05) is 109 Å². The van der Waals surface area contributed by atoms with E-state index in [1.807, 2.05) is 146 Å². The number of fused-ring (bicyclic) bond motifs is 16. The molecule has 0 aliphatic carbocycles. The number of benzene rings is 8. The normalized spacial score (nSPS) is 15.0. The van der Waals surface area contributed by atoms with Crippen molar-refractivity contribution in [2.75, 3.05) is 0 Å². The van der Waals surface area contributed by atoms with Gasteiger partial charge in [0.15, 0.2) is 5.78 Å². The number of hydrogen-bond acceptors (Lipinski definition) is 5. The Bertz CT molecular complexity index is 2570. The summed E-state index contributed by atoms with van der Waals surface area (Å²) in [4.78, 5) is 15.1. The van der Waals surface area contributed by atoms with E-state index in [2.05, 4.69) is 36.4 Å². The maximum absolute atomic E-state index is 15.1. The van der Waals surface area contributed by atoms with E-state index in [9.17, 15) is 0 Å². The molecule has 0 atom stereocenters. The second-order valence-corrected chi connectivity index (χ2v) is 14.6. The number of carbonyl (C=O) groups is 1. The minimum absolute atomic E-state index is 0.110. The summed E-state index contributed by atoms with van der Waals surface area (Å²) in [7, 11) is 0. The Morgan fingerprint density at radius 1 is 0.286 bits per heavy atom. The van der Waals surface area contributed by atoms with Gasteiger partial charge in [-0.05, 0) is 72.8 Å². The standard InChI is InChI=1S/C51H30O5/c52-49(31-25-27-47-39(29-31)50(37-17-5-11-23-45(37)55-47)33-13-1-7-19-41(33)53-42-20-8-2-14-34(42)50)32-26-28-48-40(30-32)51(38-18-6-12-24-46(38)56-48)35-15-3-9-21-43(35)54-44-22-10-4-16-36(44)51/h1-30H. The van der Waals surface area contributed by atoms with Gasteiger partial charge >= 0.3 is 0 Å². The van der Waals surface area contributed by atoms with Crippen molar-refractivity contribution in [1.82, 2.24) is 0 Å². The third-order valence-electron chi connectivity index (χ3n) is 11.9. The molecule has 8 aromatic rings. The summed E-state index contributed by atoms with van der Waals surface area (Å²) in [5.41, 5.74) is 7.18. The summed E-state index contributed by atoms with van der Waals surface area (Å²) in [5.74, 6) is 5.87. The Morgan fingerprint density at radius 3 is 0.786 bits per heavy atom. The van der Waals surface area contributed by atoms with Crippen molar-refractivity contribution in [3.63, 3.8) is 0 Å². The Morgan fingerprint density at radius 2 is 0.518 bits per heavy atom. The van der Waals surface area contributed by atoms with Crippen LogP contribution in [0.25, 0.3) is 0 Å². The van der Waals surface area contributed by atoms with Gasteiger partial charge in [-0.3, -0.25) is 4.79 Å². The number of ether oxygens (including phenoxy) is 4. The molecule has 5 nitrogen and oxygen atoms in total. The molecular weight excluding hydrogens is 693 g/mol. The van der Waals surface area contributed by atoms with Crippen LogP contribution in [-0.2, 0) is 10.8 Å². The first-order valence-corrected chi connectivity index (χ1v) is 18.8. The highest BCUT2D eigenvalue weighted by Crippen LogP contribution is 2.63. The highest BCUT2D eigenvalue weighted by atomic mass is 16.5. The van der Waals surface area contributed by atoms with Gasteiger partial charge in [0, 0.05) is 55.6 Å². The van der Waals surface area contributed by atoms with Gasteiger partial charge in [-0.15, -0.1) is 0 Å². The zero-order valence-electron chi connectivity index (χ0n) is 29.9. The fourth-order valence-corrected chi connectivity index (χ4v) is 9.68. The van der Waals surface area contributed by atoms with Crippen LogP contribution in [0.15, 0.2) is 182 Å². The second-order valence-electron chi connectivity index (χ2n) is 14.6. The molecule has 0 N–H and O–H groups in total. The van der Waals surface area contributed by atoms with Crippen molar-refractivity contribution in [2.45, 2.75) is 10.8 Å². The van der Waals surface area contributed by atoms with Gasteiger partial charge in [-0.2, -0.15) is 0 Å². The van der Waals surface area contributed by atoms with Crippen LogP contribution in [0.3, 0.4) is 0 Å². The molecule has 56 heavy (non-hydrogen) atoms. The Kier molecular flexibility index (Phi) is 6.27. The molecule has 2 spiro atoms. The molecule has 4 aliphatic rings. The first kappa shape index (κ1) is 31.0. The molecule has 0 unspecified atom stereocenters. The summed E-state index contributed by atoms with van der Waals surface area (Å²) in [6.07, 6.45) is 0. The number of rotatable bonds is 2. The van der Waals surface area contributed by atoms with E-state index in [-0.39, 0.29) is 5.78 Å². The second kappa shape index (κ2) is 11.3. The Balaban J connectivity index is 1.08. The van der Waals surface area contributed by atoms with Crippen molar-refractivity contribution < 1.29 is 23.7 Å². The molecule has 8 aromatic carbocycles. The SMILES string of the molecule is O=C(c1ccc2c(c1)C1(c3ccccc3Oc3ccccc31)c1ccccc1O2)c1ccc2c(c1)C1(c3ccccc3Oc3ccccc31)c1ccccc1O2. The van der Waals surface area contributed by atoms with Crippen LogP contribution in [0.4, 0.5) is 0 Å². The van der Waals surface area contributed by atoms with Crippen LogP contribution < -0.4 is 18.9 Å². The summed E-state index contributed by atoms with van der Waals surface area (Å²) in [6, 6.07) is 60.7. The van der Waals surface area contributed by atoms with Gasteiger partial charge in [-0.25, -0.2) is 0 Å². The molecule has 5 heteroatoms. The van der Waals surface area contributed by atoms with E-state index in [4.69, 9.17) is 18.9 Å². The van der Waals surface area contributed by atoms with Gasteiger partial charge in [0.25, 0.3) is 0 Å². The monoisotopic (exact) mass is 722 g/mol. The van der Waals surface area contributed by atoms with E-state index in [1.54, 1.807) is 0 Å². The molecule has 0 radical (unpaired) electrons. The molecule has 0 amide bonds. The predicted octanol–water partition coefficient (Wildman–Crippen LogP) is 12.1. The van der Waals surface area contributed by atoms with E-state index in [0.717, 1.165) is 79.0 Å². The number of ketones is 1. The van der Waals surface area contributed by atoms with Crippen LogP contribution in [0, 0.1) is 0 Å². The zero-order chi connectivity index (χ0) is 37.0. The highest BCUT2D eigenvalue weighted by molar-refractivity contribution is 6.10. The van der Waals surface area contributed by atoms with Gasteiger partial charge in [0.1, 0.15) is 46.0 Å². The highest BCUT2D eigenvalue weighted by Gasteiger charge is 2.52. The summed E-state index contributed by atoms with van der Waals surface area (Å²) in [5, 5.41) is 0. The smallest absolute Gasteiger partial charge is 0.193 e. The average Bonchev–Trinajstić information content (AvgIpc) is 3.26. The third kappa shape index (κ3) is 3.96. The maximum Gasteiger partial charge on any atom is 0.193 e. The lowest BCUT2D eigenvalue weighted by molar-refractivity contribution is 0.103. The fraction of sp³-hybridized carbons (Fsp3) is 0.0392.